The lowest BCUT2D eigenvalue weighted by Gasteiger charge is -2.44. The molecule has 7 atom stereocenters. The number of fused-ring (bicyclic) bond motifs is 1. The van der Waals surface area contributed by atoms with Crippen molar-refractivity contribution >= 4 is 0 Å². The Balaban J connectivity index is 1.73. The summed E-state index contributed by atoms with van der Waals surface area (Å²) in [5.41, 5.74) is 2.87. The molecule has 0 bridgehead atoms. The van der Waals surface area contributed by atoms with Crippen molar-refractivity contribution in [2.24, 2.45) is 29.1 Å². The van der Waals surface area contributed by atoms with Crippen LogP contribution < -0.4 is 0 Å². The maximum Gasteiger partial charge on any atom is 0.0809 e. The summed E-state index contributed by atoms with van der Waals surface area (Å²) in [5.74, 6) is 1.94. The molecular formula is C28H44O3. The smallest absolute Gasteiger partial charge is 0.0809 e. The lowest BCUT2D eigenvalue weighted by Crippen LogP contribution is -2.35. The number of hydrogen-bond acceptors (Lipinski definition) is 3. The molecule has 3 N–H and O–H groups in total. The molecule has 174 valence electrons. The van der Waals surface area contributed by atoms with E-state index in [1.807, 2.05) is 13.8 Å². The summed E-state index contributed by atoms with van der Waals surface area (Å²) in [5, 5.41) is 30.5. The van der Waals surface area contributed by atoms with Crippen LogP contribution in [0.4, 0.5) is 0 Å². The van der Waals surface area contributed by atoms with Gasteiger partial charge in [0.25, 0.3) is 0 Å². The lowest BCUT2D eigenvalue weighted by molar-refractivity contribution is 0.0436. The molecule has 0 amide bonds. The van der Waals surface area contributed by atoms with Crippen LogP contribution in [0, 0.1) is 29.1 Å². The van der Waals surface area contributed by atoms with Gasteiger partial charge in [0.05, 0.1) is 17.8 Å². The van der Waals surface area contributed by atoms with Crippen molar-refractivity contribution in [1.29, 1.82) is 0 Å². The first-order valence-corrected chi connectivity index (χ1v) is 12.3. The van der Waals surface area contributed by atoms with E-state index in [2.05, 4.69) is 51.7 Å². The van der Waals surface area contributed by atoms with E-state index in [1.165, 1.54) is 25.7 Å². The third-order valence-corrected chi connectivity index (χ3v) is 8.79. The van der Waals surface area contributed by atoms with Crippen molar-refractivity contribution in [3.8, 4) is 0 Å². The number of allylic oxidation sites excluding steroid dienone is 4. The fraction of sp³-hybridized carbons (Fsp3) is 0.714. The van der Waals surface area contributed by atoms with E-state index < -0.39 is 17.8 Å². The Kier molecular flexibility index (Phi) is 7.40. The Labute approximate surface area is 189 Å². The largest absolute Gasteiger partial charge is 0.390 e. The molecule has 3 saturated carbocycles. The van der Waals surface area contributed by atoms with Crippen molar-refractivity contribution in [3.63, 3.8) is 0 Å². The Hall–Kier alpha value is -1.16. The highest BCUT2D eigenvalue weighted by molar-refractivity contribution is 5.29. The predicted octanol–water partition coefficient (Wildman–Crippen LogP) is 5.73. The van der Waals surface area contributed by atoms with Gasteiger partial charge in [0, 0.05) is 5.92 Å². The SMILES string of the molecule is C=C1[C@H](O)CC(=C/C=C2\CCC[C@@]3(C)C2CCC3[C@H](C)/C=C/[C@@H](C)C(C)(C)O)C[C@@H]1O. The van der Waals surface area contributed by atoms with Gasteiger partial charge in [-0.15, -0.1) is 0 Å². The van der Waals surface area contributed by atoms with E-state index >= 15 is 0 Å². The van der Waals surface area contributed by atoms with Crippen LogP contribution in [0.5, 0.6) is 0 Å². The fourth-order valence-electron chi connectivity index (χ4n) is 6.28. The topological polar surface area (TPSA) is 60.7 Å². The summed E-state index contributed by atoms with van der Waals surface area (Å²) in [6, 6.07) is 0. The van der Waals surface area contributed by atoms with Gasteiger partial charge in [-0.25, -0.2) is 0 Å². The zero-order valence-electron chi connectivity index (χ0n) is 20.3. The van der Waals surface area contributed by atoms with Gasteiger partial charge in [-0.2, -0.15) is 0 Å². The first kappa shape index (κ1) is 24.5. The minimum atomic E-state index is -0.681. The van der Waals surface area contributed by atoms with Crippen molar-refractivity contribution in [1.82, 2.24) is 0 Å². The van der Waals surface area contributed by atoms with E-state index in [-0.39, 0.29) is 5.92 Å². The molecule has 3 aliphatic carbocycles. The highest BCUT2D eigenvalue weighted by Crippen LogP contribution is 2.59. The van der Waals surface area contributed by atoms with Crippen LogP contribution in [0.25, 0.3) is 0 Å². The van der Waals surface area contributed by atoms with Crippen molar-refractivity contribution in [2.45, 2.75) is 97.4 Å². The molecule has 2 unspecified atom stereocenters. The van der Waals surface area contributed by atoms with Gasteiger partial charge < -0.3 is 15.3 Å². The molecule has 3 heteroatoms. The minimum absolute atomic E-state index is 0.144. The van der Waals surface area contributed by atoms with E-state index in [0.717, 1.165) is 12.0 Å². The summed E-state index contributed by atoms with van der Waals surface area (Å²) in [4.78, 5) is 0. The Bertz CT molecular complexity index is 737. The molecule has 0 heterocycles. The van der Waals surface area contributed by atoms with Crippen LogP contribution >= 0.6 is 0 Å². The maximum atomic E-state index is 10.3. The molecular weight excluding hydrogens is 384 g/mol. The average molecular weight is 429 g/mol. The Morgan fingerprint density at radius 1 is 1.06 bits per heavy atom. The second kappa shape index (κ2) is 9.37. The van der Waals surface area contributed by atoms with Crippen molar-refractivity contribution in [2.75, 3.05) is 0 Å². The lowest BCUT2D eigenvalue weighted by atomic mass is 9.61. The first-order chi connectivity index (χ1) is 14.4. The second-order valence-electron chi connectivity index (χ2n) is 11.4. The molecule has 3 aliphatic rings. The Morgan fingerprint density at radius 2 is 1.71 bits per heavy atom. The zero-order chi connectivity index (χ0) is 23.0. The average Bonchev–Trinajstić information content (AvgIpc) is 3.05. The van der Waals surface area contributed by atoms with E-state index in [4.69, 9.17) is 0 Å². The van der Waals surface area contributed by atoms with Gasteiger partial charge in [-0.05, 0) is 87.5 Å². The summed E-state index contributed by atoms with van der Waals surface area (Å²) in [6.45, 7) is 14.5. The minimum Gasteiger partial charge on any atom is -0.390 e. The summed E-state index contributed by atoms with van der Waals surface area (Å²) < 4.78 is 0. The molecule has 0 saturated heterocycles. The van der Waals surface area contributed by atoms with Crippen LogP contribution in [0.3, 0.4) is 0 Å². The van der Waals surface area contributed by atoms with Gasteiger partial charge in [0.15, 0.2) is 0 Å². The van der Waals surface area contributed by atoms with Gasteiger partial charge >= 0.3 is 0 Å². The van der Waals surface area contributed by atoms with E-state index in [0.29, 0.717) is 41.6 Å². The van der Waals surface area contributed by atoms with Gasteiger partial charge in [0.1, 0.15) is 0 Å². The molecule has 0 aromatic rings. The summed E-state index contributed by atoms with van der Waals surface area (Å²) in [6.07, 6.45) is 15.1. The molecule has 0 spiro atoms. The van der Waals surface area contributed by atoms with Crippen molar-refractivity contribution < 1.29 is 15.3 Å². The van der Waals surface area contributed by atoms with Crippen LogP contribution in [0.1, 0.15) is 79.6 Å². The molecule has 0 aromatic heterocycles. The molecule has 3 fully saturated rings. The van der Waals surface area contributed by atoms with Gasteiger partial charge in [-0.1, -0.05) is 62.8 Å². The van der Waals surface area contributed by atoms with Crippen LogP contribution in [0.15, 0.2) is 47.6 Å². The molecule has 3 rings (SSSR count). The number of aliphatic hydroxyl groups is 3. The van der Waals surface area contributed by atoms with Gasteiger partial charge in [0.2, 0.25) is 0 Å². The summed E-state index contributed by atoms with van der Waals surface area (Å²) in [7, 11) is 0. The van der Waals surface area contributed by atoms with Crippen LogP contribution in [-0.4, -0.2) is 33.1 Å². The third-order valence-electron chi connectivity index (χ3n) is 8.79. The second-order valence-corrected chi connectivity index (χ2v) is 11.4. The standard InChI is InChI=1S/C28H44O3/c1-18(9-10-19(2)27(4,5)31)23-13-14-24-22(8-7-15-28(23,24)6)12-11-21-16-25(29)20(3)26(30)17-21/h9-12,18-19,23-26,29-31H,3,7-8,13-17H2,1-2,4-6H3/b10-9+,21-11?,22-12+/t18-,19-,23?,24?,25-,26+,28-/m1/s1. The first-order valence-electron chi connectivity index (χ1n) is 12.3. The predicted molar refractivity (Wildman–Crippen MR) is 128 cm³/mol. The normalized spacial score (nSPS) is 39.3. The van der Waals surface area contributed by atoms with E-state index in [9.17, 15) is 15.3 Å². The molecule has 0 radical (unpaired) electrons. The highest BCUT2D eigenvalue weighted by Gasteiger charge is 2.50. The number of hydrogen-bond donors (Lipinski definition) is 3. The fourth-order valence-corrected chi connectivity index (χ4v) is 6.28. The number of rotatable bonds is 5. The molecule has 31 heavy (non-hydrogen) atoms. The third kappa shape index (κ3) is 5.26. The molecule has 0 aliphatic heterocycles. The summed E-state index contributed by atoms with van der Waals surface area (Å²) >= 11 is 0. The Morgan fingerprint density at radius 3 is 2.32 bits per heavy atom. The van der Waals surface area contributed by atoms with Gasteiger partial charge in [-0.3, -0.25) is 0 Å². The molecule has 3 nitrogen and oxygen atoms in total. The van der Waals surface area contributed by atoms with E-state index in [1.54, 1.807) is 5.57 Å². The van der Waals surface area contributed by atoms with Crippen LogP contribution in [0.2, 0.25) is 0 Å². The van der Waals surface area contributed by atoms with Crippen molar-refractivity contribution in [3.05, 3.63) is 47.6 Å². The van der Waals surface area contributed by atoms with Crippen LogP contribution in [-0.2, 0) is 0 Å². The quantitative estimate of drug-likeness (QED) is 0.490. The highest BCUT2D eigenvalue weighted by atomic mass is 16.3. The molecule has 0 aromatic carbocycles. The monoisotopic (exact) mass is 428 g/mol. The zero-order valence-corrected chi connectivity index (χ0v) is 20.3. The number of aliphatic hydroxyl groups excluding tert-OH is 2. The maximum absolute atomic E-state index is 10.3.